The van der Waals surface area contributed by atoms with Gasteiger partial charge in [-0.25, -0.2) is 8.42 Å². The van der Waals surface area contributed by atoms with Crippen molar-refractivity contribution in [1.82, 2.24) is 10.2 Å². The van der Waals surface area contributed by atoms with E-state index in [-0.39, 0.29) is 17.5 Å². The second-order valence-electron chi connectivity index (χ2n) is 4.55. The standard InChI is InChI=1S/C11H24N2O3S/c1-3-16-8-7-13(2)6-4-11-10-17(14,15)9-5-12-11/h11-12H,3-10H2,1-2H3. The van der Waals surface area contributed by atoms with E-state index in [4.69, 9.17) is 4.74 Å². The Morgan fingerprint density at radius 1 is 1.41 bits per heavy atom. The van der Waals surface area contributed by atoms with Crippen molar-refractivity contribution in [2.45, 2.75) is 19.4 Å². The highest BCUT2D eigenvalue weighted by Gasteiger charge is 2.23. The van der Waals surface area contributed by atoms with Gasteiger partial charge in [-0.05, 0) is 26.9 Å². The summed E-state index contributed by atoms with van der Waals surface area (Å²) in [6, 6.07) is 0.114. The van der Waals surface area contributed by atoms with Crippen molar-refractivity contribution >= 4 is 9.84 Å². The normalized spacial score (nSPS) is 24.1. The van der Waals surface area contributed by atoms with Crippen LogP contribution in [0.1, 0.15) is 13.3 Å². The number of sulfone groups is 1. The van der Waals surface area contributed by atoms with Crippen LogP contribution in [-0.4, -0.2) is 70.8 Å². The first kappa shape index (κ1) is 14.9. The molecule has 1 heterocycles. The van der Waals surface area contributed by atoms with Gasteiger partial charge in [-0.1, -0.05) is 0 Å². The third-order valence-electron chi connectivity index (χ3n) is 2.98. The summed E-state index contributed by atoms with van der Waals surface area (Å²) in [6.45, 7) is 5.86. The molecule has 0 aromatic rings. The van der Waals surface area contributed by atoms with E-state index in [2.05, 4.69) is 10.2 Å². The first-order valence-corrected chi connectivity index (χ1v) is 8.05. The number of likely N-dealkylation sites (N-methyl/N-ethyl adjacent to an activating group) is 1. The third kappa shape index (κ3) is 6.35. The molecule has 0 aromatic heterocycles. The average molecular weight is 264 g/mol. The fourth-order valence-electron chi connectivity index (χ4n) is 1.91. The maximum Gasteiger partial charge on any atom is 0.153 e. The van der Waals surface area contributed by atoms with Crippen molar-refractivity contribution in [3.63, 3.8) is 0 Å². The van der Waals surface area contributed by atoms with Crippen molar-refractivity contribution < 1.29 is 13.2 Å². The van der Waals surface area contributed by atoms with Gasteiger partial charge in [0.05, 0.1) is 18.1 Å². The van der Waals surface area contributed by atoms with E-state index in [1.54, 1.807) is 0 Å². The molecule has 0 amide bonds. The molecule has 1 unspecified atom stereocenters. The van der Waals surface area contributed by atoms with Crippen LogP contribution in [0.4, 0.5) is 0 Å². The minimum absolute atomic E-state index is 0.114. The summed E-state index contributed by atoms with van der Waals surface area (Å²) in [4.78, 5) is 2.18. The van der Waals surface area contributed by atoms with Crippen LogP contribution in [-0.2, 0) is 14.6 Å². The van der Waals surface area contributed by atoms with Crippen LogP contribution < -0.4 is 5.32 Å². The summed E-state index contributed by atoms with van der Waals surface area (Å²) in [5, 5.41) is 3.26. The minimum atomic E-state index is -2.81. The number of nitrogens with one attached hydrogen (secondary N) is 1. The summed E-state index contributed by atoms with van der Waals surface area (Å²) < 4.78 is 28.2. The summed E-state index contributed by atoms with van der Waals surface area (Å²) in [5.74, 6) is 0.565. The van der Waals surface area contributed by atoms with E-state index in [0.29, 0.717) is 6.54 Å². The van der Waals surface area contributed by atoms with Gasteiger partial charge >= 0.3 is 0 Å². The summed E-state index contributed by atoms with van der Waals surface area (Å²) in [5.41, 5.74) is 0. The smallest absolute Gasteiger partial charge is 0.153 e. The van der Waals surface area contributed by atoms with Crippen LogP contribution in [0.3, 0.4) is 0 Å². The predicted molar refractivity (Wildman–Crippen MR) is 69.1 cm³/mol. The van der Waals surface area contributed by atoms with Gasteiger partial charge in [0.15, 0.2) is 9.84 Å². The van der Waals surface area contributed by atoms with Crippen molar-refractivity contribution in [3.8, 4) is 0 Å². The number of hydrogen-bond acceptors (Lipinski definition) is 5. The fraction of sp³-hybridized carbons (Fsp3) is 1.00. The number of nitrogens with zero attached hydrogens (tertiary/aromatic N) is 1. The van der Waals surface area contributed by atoms with Crippen molar-refractivity contribution in [3.05, 3.63) is 0 Å². The molecule has 0 radical (unpaired) electrons. The van der Waals surface area contributed by atoms with Gasteiger partial charge in [-0.15, -0.1) is 0 Å². The lowest BCUT2D eigenvalue weighted by atomic mass is 10.2. The highest BCUT2D eigenvalue weighted by Crippen LogP contribution is 2.05. The molecule has 0 aromatic carbocycles. The van der Waals surface area contributed by atoms with Crippen LogP contribution in [0.2, 0.25) is 0 Å². The van der Waals surface area contributed by atoms with Gasteiger partial charge < -0.3 is 15.0 Å². The quantitative estimate of drug-likeness (QED) is 0.642. The zero-order chi connectivity index (χ0) is 12.7. The van der Waals surface area contributed by atoms with Gasteiger partial charge in [0.1, 0.15) is 0 Å². The molecule has 5 nitrogen and oxygen atoms in total. The van der Waals surface area contributed by atoms with Gasteiger partial charge in [0, 0.05) is 25.7 Å². The molecule has 17 heavy (non-hydrogen) atoms. The monoisotopic (exact) mass is 264 g/mol. The molecule has 1 fully saturated rings. The number of rotatable bonds is 7. The SMILES string of the molecule is CCOCCN(C)CCC1CS(=O)(=O)CCN1. The summed E-state index contributed by atoms with van der Waals surface area (Å²) >= 11 is 0. The summed E-state index contributed by atoms with van der Waals surface area (Å²) in [6.07, 6.45) is 0.877. The van der Waals surface area contributed by atoms with E-state index in [9.17, 15) is 8.42 Å². The molecule has 0 spiro atoms. The first-order valence-electron chi connectivity index (χ1n) is 6.23. The predicted octanol–water partition coefficient (Wildman–Crippen LogP) is -0.269. The first-order chi connectivity index (χ1) is 8.03. The summed E-state index contributed by atoms with van der Waals surface area (Å²) in [7, 11) is -0.768. The van der Waals surface area contributed by atoms with Crippen LogP contribution in [0.25, 0.3) is 0 Å². The van der Waals surface area contributed by atoms with E-state index in [0.717, 1.165) is 32.7 Å². The van der Waals surface area contributed by atoms with Crippen molar-refractivity contribution in [2.24, 2.45) is 0 Å². The largest absolute Gasteiger partial charge is 0.380 e. The molecule has 6 heteroatoms. The molecular weight excluding hydrogens is 240 g/mol. The molecule has 1 aliphatic rings. The van der Waals surface area contributed by atoms with Crippen molar-refractivity contribution in [2.75, 3.05) is 51.4 Å². The average Bonchev–Trinajstić information content (AvgIpc) is 2.25. The Morgan fingerprint density at radius 2 is 2.18 bits per heavy atom. The lowest BCUT2D eigenvalue weighted by molar-refractivity contribution is 0.121. The third-order valence-corrected chi connectivity index (χ3v) is 4.72. The van der Waals surface area contributed by atoms with Crippen LogP contribution in [0, 0.1) is 0 Å². The van der Waals surface area contributed by atoms with E-state index < -0.39 is 9.84 Å². The molecule has 1 atom stereocenters. The second kappa shape index (κ2) is 7.31. The van der Waals surface area contributed by atoms with Crippen LogP contribution in [0.15, 0.2) is 0 Å². The number of ether oxygens (including phenoxy) is 1. The molecule has 1 N–H and O–H groups in total. The van der Waals surface area contributed by atoms with Gasteiger partial charge in [-0.3, -0.25) is 0 Å². The lowest BCUT2D eigenvalue weighted by Gasteiger charge is -2.25. The Bertz CT molecular complexity index is 306. The van der Waals surface area contributed by atoms with E-state index in [1.807, 2.05) is 14.0 Å². The second-order valence-corrected chi connectivity index (χ2v) is 6.78. The van der Waals surface area contributed by atoms with Crippen LogP contribution >= 0.6 is 0 Å². The maximum absolute atomic E-state index is 11.4. The fourth-order valence-corrected chi connectivity index (χ4v) is 3.40. The highest BCUT2D eigenvalue weighted by atomic mass is 32.2. The molecular formula is C11H24N2O3S. The maximum atomic E-state index is 11.4. The Hall–Kier alpha value is -0.170. The Kier molecular flexibility index (Phi) is 6.40. The zero-order valence-electron chi connectivity index (χ0n) is 10.8. The van der Waals surface area contributed by atoms with Gasteiger partial charge in [-0.2, -0.15) is 0 Å². The molecule has 1 rings (SSSR count). The Labute approximate surface area is 104 Å². The van der Waals surface area contributed by atoms with Crippen molar-refractivity contribution in [1.29, 1.82) is 0 Å². The van der Waals surface area contributed by atoms with Crippen LogP contribution in [0.5, 0.6) is 0 Å². The highest BCUT2D eigenvalue weighted by molar-refractivity contribution is 7.91. The molecule has 0 bridgehead atoms. The molecule has 1 aliphatic heterocycles. The van der Waals surface area contributed by atoms with E-state index >= 15 is 0 Å². The topological polar surface area (TPSA) is 58.6 Å². The molecule has 0 aliphatic carbocycles. The zero-order valence-corrected chi connectivity index (χ0v) is 11.6. The Balaban J connectivity index is 2.17. The molecule has 102 valence electrons. The van der Waals surface area contributed by atoms with Gasteiger partial charge in [0.2, 0.25) is 0 Å². The van der Waals surface area contributed by atoms with Gasteiger partial charge in [0.25, 0.3) is 0 Å². The van der Waals surface area contributed by atoms with E-state index in [1.165, 1.54) is 0 Å². The molecule has 0 saturated carbocycles. The minimum Gasteiger partial charge on any atom is -0.380 e. The number of hydrogen-bond donors (Lipinski definition) is 1. The lowest BCUT2D eigenvalue weighted by Crippen LogP contribution is -2.46. The molecule has 1 saturated heterocycles. The Morgan fingerprint density at radius 3 is 2.82 bits per heavy atom.